The van der Waals surface area contributed by atoms with Gasteiger partial charge in [0.2, 0.25) is 0 Å². The summed E-state index contributed by atoms with van der Waals surface area (Å²) in [6.45, 7) is 1.07. The van der Waals surface area contributed by atoms with Gasteiger partial charge in [0.05, 0.1) is 26.0 Å². The average Bonchev–Trinajstić information content (AvgIpc) is 2.92. The van der Waals surface area contributed by atoms with E-state index in [-0.39, 0.29) is 35.1 Å². The molecule has 0 spiro atoms. The molecule has 7 heteroatoms. The minimum atomic E-state index is -1.25. The van der Waals surface area contributed by atoms with Gasteiger partial charge in [-0.3, -0.25) is 0 Å². The topological polar surface area (TPSA) is 76.4 Å². The van der Waals surface area contributed by atoms with Crippen molar-refractivity contribution in [2.75, 3.05) is 13.7 Å². The molecule has 0 radical (unpaired) electrons. The Morgan fingerprint density at radius 3 is 2.80 bits per heavy atom. The molecule has 0 atom stereocenters. The Bertz CT molecular complexity index is 558. The molecule has 6 nitrogen and oxygen atoms in total. The number of carboxylic acid groups (broad SMARTS) is 1. The smallest absolute Gasteiger partial charge is 0.545 e. The maximum Gasteiger partial charge on any atom is 1.00 e. The SMILES string of the molecule is COc1cc(C(=O)[O-])ccc1OCCn1ccnc1.[Na+]. The van der Waals surface area contributed by atoms with Gasteiger partial charge >= 0.3 is 29.6 Å². The van der Waals surface area contributed by atoms with E-state index >= 15 is 0 Å². The van der Waals surface area contributed by atoms with E-state index < -0.39 is 5.97 Å². The molecule has 2 rings (SSSR count). The Kier molecular flexibility index (Phi) is 6.57. The first-order valence-electron chi connectivity index (χ1n) is 5.68. The number of benzene rings is 1. The fourth-order valence-corrected chi connectivity index (χ4v) is 1.59. The van der Waals surface area contributed by atoms with Gasteiger partial charge in [-0.05, 0) is 18.2 Å². The number of hydrogen-bond donors (Lipinski definition) is 0. The van der Waals surface area contributed by atoms with Gasteiger partial charge in [0.25, 0.3) is 0 Å². The number of carboxylic acids is 1. The molecule has 20 heavy (non-hydrogen) atoms. The number of imidazole rings is 1. The normalized spacial score (nSPS) is 9.65. The molecular weight excluding hydrogens is 271 g/mol. The zero-order valence-electron chi connectivity index (χ0n) is 11.4. The molecule has 1 aromatic heterocycles. The molecule has 0 fully saturated rings. The molecule has 0 saturated heterocycles. The van der Waals surface area contributed by atoms with E-state index in [9.17, 15) is 9.90 Å². The number of aromatic nitrogens is 2. The number of ether oxygens (including phenoxy) is 2. The summed E-state index contributed by atoms with van der Waals surface area (Å²) in [5, 5.41) is 10.7. The summed E-state index contributed by atoms with van der Waals surface area (Å²) in [6.07, 6.45) is 5.22. The summed E-state index contributed by atoms with van der Waals surface area (Å²) in [6, 6.07) is 4.35. The first-order chi connectivity index (χ1) is 9.20. The predicted octanol–water partition coefficient (Wildman–Crippen LogP) is -2.66. The summed E-state index contributed by atoms with van der Waals surface area (Å²) in [5.74, 6) is -0.386. The summed E-state index contributed by atoms with van der Waals surface area (Å²) in [7, 11) is 1.46. The van der Waals surface area contributed by atoms with E-state index in [4.69, 9.17) is 9.47 Å². The molecule has 1 heterocycles. The third-order valence-corrected chi connectivity index (χ3v) is 2.57. The van der Waals surface area contributed by atoms with Crippen molar-refractivity contribution >= 4 is 5.97 Å². The van der Waals surface area contributed by atoms with E-state index in [1.54, 1.807) is 18.6 Å². The van der Waals surface area contributed by atoms with E-state index in [0.717, 1.165) is 0 Å². The standard InChI is InChI=1S/C13H14N2O4.Na/c1-18-12-8-10(13(16)17)2-3-11(12)19-7-6-15-5-4-14-9-15;/h2-5,8-9H,6-7H2,1H3,(H,16,17);/q;+1/p-1. The van der Waals surface area contributed by atoms with Crippen LogP contribution < -0.4 is 44.1 Å². The first kappa shape index (κ1) is 16.6. The number of aromatic carboxylic acids is 1. The van der Waals surface area contributed by atoms with Crippen molar-refractivity contribution in [2.24, 2.45) is 0 Å². The van der Waals surface area contributed by atoms with Crippen molar-refractivity contribution in [3.05, 3.63) is 42.5 Å². The van der Waals surface area contributed by atoms with Crippen molar-refractivity contribution in [3.63, 3.8) is 0 Å². The molecule has 0 bridgehead atoms. The third-order valence-electron chi connectivity index (χ3n) is 2.57. The van der Waals surface area contributed by atoms with Crippen molar-refractivity contribution in [1.29, 1.82) is 0 Å². The number of nitrogens with zero attached hydrogens (tertiary/aromatic N) is 2. The monoisotopic (exact) mass is 284 g/mol. The molecule has 0 aliphatic carbocycles. The molecule has 0 saturated carbocycles. The Balaban J connectivity index is 0.00000200. The van der Waals surface area contributed by atoms with Crippen LogP contribution in [0.15, 0.2) is 36.9 Å². The van der Waals surface area contributed by atoms with Gasteiger partial charge in [0, 0.05) is 18.0 Å². The van der Waals surface area contributed by atoms with Gasteiger partial charge in [-0.1, -0.05) is 0 Å². The Hall–Kier alpha value is -1.50. The van der Waals surface area contributed by atoms with Gasteiger partial charge in [-0.15, -0.1) is 0 Å². The third kappa shape index (κ3) is 4.26. The van der Waals surface area contributed by atoms with E-state index in [0.29, 0.717) is 24.7 Å². The van der Waals surface area contributed by atoms with Crippen molar-refractivity contribution in [2.45, 2.75) is 6.54 Å². The second-order valence-corrected chi connectivity index (χ2v) is 3.80. The maximum absolute atomic E-state index is 10.7. The summed E-state index contributed by atoms with van der Waals surface area (Å²) >= 11 is 0. The Labute approximate surface area is 138 Å². The number of methoxy groups -OCH3 is 1. The fourth-order valence-electron chi connectivity index (χ4n) is 1.59. The van der Waals surface area contributed by atoms with Crippen molar-refractivity contribution < 1.29 is 48.9 Å². The van der Waals surface area contributed by atoms with Crippen LogP contribution in [0.4, 0.5) is 0 Å². The molecule has 0 aliphatic heterocycles. The van der Waals surface area contributed by atoms with Crippen LogP contribution in [0.3, 0.4) is 0 Å². The van der Waals surface area contributed by atoms with Gasteiger partial charge in [-0.25, -0.2) is 4.98 Å². The van der Waals surface area contributed by atoms with Crippen LogP contribution in [0, 0.1) is 0 Å². The van der Waals surface area contributed by atoms with Gasteiger partial charge in [0.15, 0.2) is 11.5 Å². The predicted molar refractivity (Wildman–Crippen MR) is 65.0 cm³/mol. The quantitative estimate of drug-likeness (QED) is 0.541. The van der Waals surface area contributed by atoms with Gasteiger partial charge in [0.1, 0.15) is 6.61 Å². The van der Waals surface area contributed by atoms with Crippen LogP contribution in [0.25, 0.3) is 0 Å². The summed E-state index contributed by atoms with van der Waals surface area (Å²) in [5.41, 5.74) is 0.0545. The van der Waals surface area contributed by atoms with Crippen LogP contribution >= 0.6 is 0 Å². The minimum absolute atomic E-state index is 0. The summed E-state index contributed by atoms with van der Waals surface area (Å²) in [4.78, 5) is 14.7. The van der Waals surface area contributed by atoms with Crippen LogP contribution in [0.5, 0.6) is 11.5 Å². The zero-order chi connectivity index (χ0) is 13.7. The largest absolute Gasteiger partial charge is 1.00 e. The maximum atomic E-state index is 10.7. The number of carbonyl (C=O) groups is 1. The molecular formula is C13H13N2NaO4. The number of hydrogen-bond acceptors (Lipinski definition) is 5. The fraction of sp³-hybridized carbons (Fsp3) is 0.231. The van der Waals surface area contributed by atoms with E-state index in [2.05, 4.69) is 4.98 Å². The second-order valence-electron chi connectivity index (χ2n) is 3.80. The van der Waals surface area contributed by atoms with Gasteiger partial charge in [-0.2, -0.15) is 0 Å². The van der Waals surface area contributed by atoms with Crippen LogP contribution in [-0.4, -0.2) is 29.2 Å². The average molecular weight is 284 g/mol. The molecule has 1 aromatic carbocycles. The van der Waals surface area contributed by atoms with E-state index in [1.165, 1.54) is 19.2 Å². The second kappa shape index (κ2) is 7.94. The van der Waals surface area contributed by atoms with E-state index in [1.807, 2.05) is 10.8 Å². The molecule has 0 aliphatic rings. The molecule has 100 valence electrons. The number of carbonyl (C=O) groups excluding carboxylic acids is 1. The molecule has 0 amide bonds. The zero-order valence-corrected chi connectivity index (χ0v) is 13.4. The minimum Gasteiger partial charge on any atom is -0.545 e. The first-order valence-corrected chi connectivity index (χ1v) is 5.68. The van der Waals surface area contributed by atoms with Gasteiger partial charge < -0.3 is 23.9 Å². The van der Waals surface area contributed by atoms with Crippen LogP contribution in [0.1, 0.15) is 10.4 Å². The molecule has 0 N–H and O–H groups in total. The Morgan fingerprint density at radius 1 is 1.40 bits per heavy atom. The van der Waals surface area contributed by atoms with Crippen molar-refractivity contribution in [3.8, 4) is 11.5 Å². The Morgan fingerprint density at radius 2 is 2.20 bits per heavy atom. The van der Waals surface area contributed by atoms with Crippen LogP contribution in [-0.2, 0) is 6.54 Å². The van der Waals surface area contributed by atoms with Crippen LogP contribution in [0.2, 0.25) is 0 Å². The summed E-state index contributed by atoms with van der Waals surface area (Å²) < 4.78 is 12.5. The molecule has 0 unspecified atom stereocenters. The number of rotatable bonds is 6. The molecule has 2 aromatic rings. The van der Waals surface area contributed by atoms with Crippen molar-refractivity contribution in [1.82, 2.24) is 9.55 Å².